The van der Waals surface area contributed by atoms with Crippen LogP contribution in [0.1, 0.15) is 30.9 Å². The summed E-state index contributed by atoms with van der Waals surface area (Å²) in [4.78, 5) is 8.77. The minimum Gasteiger partial charge on any atom is -0.236 e. The average Bonchev–Trinajstić information content (AvgIpc) is 2.40. The van der Waals surface area contributed by atoms with Crippen LogP contribution in [0.15, 0.2) is 18.2 Å². The Balaban J connectivity index is 2.36. The van der Waals surface area contributed by atoms with Crippen LogP contribution in [0.4, 0.5) is 4.39 Å². The van der Waals surface area contributed by atoms with Crippen molar-refractivity contribution in [2.24, 2.45) is 5.92 Å². The van der Waals surface area contributed by atoms with Gasteiger partial charge in [0.05, 0.1) is 14.3 Å². The molecule has 0 saturated carbocycles. The number of halogens is 4. The molecular weight excluding hydrogens is 425 g/mol. The number of nitrogens with zero attached hydrogens (tertiary/aromatic N) is 2. The Hall–Kier alpha value is -0.460. The van der Waals surface area contributed by atoms with Gasteiger partial charge < -0.3 is 0 Å². The van der Waals surface area contributed by atoms with Crippen LogP contribution in [0.5, 0.6) is 0 Å². The van der Waals surface area contributed by atoms with Crippen LogP contribution in [0.25, 0.3) is 0 Å². The molecule has 0 atom stereocenters. The summed E-state index contributed by atoms with van der Waals surface area (Å²) < 4.78 is 14.8. The van der Waals surface area contributed by atoms with Crippen molar-refractivity contribution < 1.29 is 4.39 Å². The molecule has 112 valence electrons. The third kappa shape index (κ3) is 4.27. The molecule has 21 heavy (non-hydrogen) atoms. The van der Waals surface area contributed by atoms with Crippen LogP contribution >= 0.6 is 45.8 Å². The Bertz CT molecular complexity index is 662. The standard InChI is InChI=1S/C15H14Cl2FIN2/c1-8(2)6-11-14(19)15(17)21-12(20-11)7-9-4-3-5-10(16)13(9)18/h3-5,8H,6-7H2,1-2H3. The van der Waals surface area contributed by atoms with E-state index in [1.807, 2.05) is 0 Å². The zero-order valence-electron chi connectivity index (χ0n) is 11.6. The maximum Gasteiger partial charge on any atom is 0.146 e. The average molecular weight is 439 g/mol. The van der Waals surface area contributed by atoms with Gasteiger partial charge in [0.25, 0.3) is 0 Å². The molecule has 6 heteroatoms. The molecule has 0 aliphatic rings. The van der Waals surface area contributed by atoms with Gasteiger partial charge in [-0.25, -0.2) is 14.4 Å². The zero-order valence-corrected chi connectivity index (χ0v) is 15.3. The van der Waals surface area contributed by atoms with Crippen molar-refractivity contribution in [1.82, 2.24) is 9.97 Å². The fourth-order valence-electron chi connectivity index (χ4n) is 1.97. The summed E-state index contributed by atoms with van der Waals surface area (Å²) in [6.07, 6.45) is 1.08. The summed E-state index contributed by atoms with van der Waals surface area (Å²) >= 11 is 14.1. The van der Waals surface area contributed by atoms with Crippen molar-refractivity contribution in [3.63, 3.8) is 0 Å². The summed E-state index contributed by atoms with van der Waals surface area (Å²) in [6.45, 7) is 4.23. The topological polar surface area (TPSA) is 25.8 Å². The molecule has 0 radical (unpaired) electrons. The molecule has 1 aromatic carbocycles. The van der Waals surface area contributed by atoms with Crippen LogP contribution in [0.3, 0.4) is 0 Å². The monoisotopic (exact) mass is 438 g/mol. The van der Waals surface area contributed by atoms with E-state index in [2.05, 4.69) is 46.4 Å². The van der Waals surface area contributed by atoms with Crippen LogP contribution in [-0.2, 0) is 12.8 Å². The van der Waals surface area contributed by atoms with Gasteiger partial charge in [-0.15, -0.1) is 0 Å². The second-order valence-corrected chi connectivity index (χ2v) is 7.02. The van der Waals surface area contributed by atoms with Crippen LogP contribution < -0.4 is 0 Å². The summed E-state index contributed by atoms with van der Waals surface area (Å²) in [5, 5.41) is 0.519. The first-order valence-corrected chi connectivity index (χ1v) is 8.35. The van der Waals surface area contributed by atoms with Gasteiger partial charge >= 0.3 is 0 Å². The molecule has 0 fully saturated rings. The fraction of sp³-hybridized carbons (Fsp3) is 0.333. The van der Waals surface area contributed by atoms with E-state index in [0.29, 0.717) is 22.5 Å². The predicted octanol–water partition coefficient (Wildman–Crippen LogP) is 5.32. The van der Waals surface area contributed by atoms with Crippen molar-refractivity contribution in [1.29, 1.82) is 0 Å². The molecule has 0 bridgehead atoms. The maximum absolute atomic E-state index is 14.0. The molecule has 2 nitrogen and oxygen atoms in total. The summed E-state index contributed by atoms with van der Waals surface area (Å²) in [6, 6.07) is 4.91. The van der Waals surface area contributed by atoms with Crippen LogP contribution in [0, 0.1) is 15.3 Å². The lowest BCUT2D eigenvalue weighted by Gasteiger charge is -2.10. The van der Waals surface area contributed by atoms with Gasteiger partial charge in [-0.2, -0.15) is 0 Å². The number of hydrogen-bond acceptors (Lipinski definition) is 2. The molecule has 0 spiro atoms. The van der Waals surface area contributed by atoms with Gasteiger partial charge in [-0.1, -0.05) is 49.2 Å². The second-order valence-electron chi connectivity index (χ2n) is 5.18. The van der Waals surface area contributed by atoms with E-state index in [0.717, 1.165) is 15.7 Å². The first-order chi connectivity index (χ1) is 9.88. The molecule has 1 aromatic heterocycles. The molecule has 2 aromatic rings. The Kier molecular flexibility index (Phi) is 5.80. The Morgan fingerprint density at radius 3 is 2.62 bits per heavy atom. The number of aromatic nitrogens is 2. The minimum absolute atomic E-state index is 0.103. The highest BCUT2D eigenvalue weighted by atomic mass is 127. The van der Waals surface area contributed by atoms with Crippen molar-refractivity contribution >= 4 is 45.8 Å². The largest absolute Gasteiger partial charge is 0.236 e. The van der Waals surface area contributed by atoms with E-state index in [1.165, 1.54) is 6.07 Å². The Labute approximate surface area is 147 Å². The lowest BCUT2D eigenvalue weighted by molar-refractivity contribution is 0.609. The van der Waals surface area contributed by atoms with Gasteiger partial charge in [0, 0.05) is 6.42 Å². The highest BCUT2D eigenvalue weighted by Gasteiger charge is 2.14. The first kappa shape index (κ1) is 16.9. The second kappa shape index (κ2) is 7.20. The van der Waals surface area contributed by atoms with Crippen molar-refractivity contribution in [2.45, 2.75) is 26.7 Å². The van der Waals surface area contributed by atoms with E-state index in [4.69, 9.17) is 23.2 Å². The van der Waals surface area contributed by atoms with Crippen LogP contribution in [0.2, 0.25) is 10.2 Å². The van der Waals surface area contributed by atoms with Gasteiger partial charge in [0.15, 0.2) is 0 Å². The van der Waals surface area contributed by atoms with E-state index >= 15 is 0 Å². The van der Waals surface area contributed by atoms with E-state index < -0.39 is 5.82 Å². The summed E-state index contributed by atoms with van der Waals surface area (Å²) in [7, 11) is 0. The third-order valence-corrected chi connectivity index (χ3v) is 4.93. The van der Waals surface area contributed by atoms with Gasteiger partial charge in [-0.05, 0) is 46.6 Å². The highest BCUT2D eigenvalue weighted by molar-refractivity contribution is 14.1. The quantitative estimate of drug-likeness (QED) is 0.477. The lowest BCUT2D eigenvalue weighted by Crippen LogP contribution is -2.08. The molecule has 0 amide bonds. The normalized spacial score (nSPS) is 11.2. The SMILES string of the molecule is CC(C)Cc1nc(Cc2cccc(Cl)c2F)nc(Cl)c1I. The van der Waals surface area contributed by atoms with Crippen LogP contribution in [-0.4, -0.2) is 9.97 Å². The number of hydrogen-bond donors (Lipinski definition) is 0. The van der Waals surface area contributed by atoms with Gasteiger partial charge in [0.2, 0.25) is 0 Å². The number of rotatable bonds is 4. The third-order valence-electron chi connectivity index (χ3n) is 2.91. The fourth-order valence-corrected chi connectivity index (χ4v) is 2.83. The first-order valence-electron chi connectivity index (χ1n) is 6.52. The molecule has 0 unspecified atom stereocenters. The number of benzene rings is 1. The zero-order chi connectivity index (χ0) is 15.6. The smallest absolute Gasteiger partial charge is 0.146 e. The van der Waals surface area contributed by atoms with E-state index in [9.17, 15) is 4.39 Å². The van der Waals surface area contributed by atoms with Crippen molar-refractivity contribution in [3.05, 3.63) is 54.8 Å². The molecule has 0 saturated heterocycles. The highest BCUT2D eigenvalue weighted by Crippen LogP contribution is 2.24. The maximum atomic E-state index is 14.0. The van der Waals surface area contributed by atoms with E-state index in [-0.39, 0.29) is 11.4 Å². The molecular formula is C15H14Cl2FIN2. The molecule has 0 aliphatic heterocycles. The van der Waals surface area contributed by atoms with Gasteiger partial charge in [0.1, 0.15) is 16.8 Å². The molecule has 0 aliphatic carbocycles. The molecule has 0 N–H and O–H groups in total. The Morgan fingerprint density at radius 1 is 1.24 bits per heavy atom. The summed E-state index contributed by atoms with van der Waals surface area (Å²) in [5.41, 5.74) is 1.37. The van der Waals surface area contributed by atoms with Crippen molar-refractivity contribution in [2.75, 3.05) is 0 Å². The van der Waals surface area contributed by atoms with Crippen molar-refractivity contribution in [3.8, 4) is 0 Å². The molecule has 1 heterocycles. The molecule has 2 rings (SSSR count). The predicted molar refractivity (Wildman–Crippen MR) is 92.5 cm³/mol. The minimum atomic E-state index is -0.428. The lowest BCUT2D eigenvalue weighted by atomic mass is 10.1. The van der Waals surface area contributed by atoms with E-state index in [1.54, 1.807) is 12.1 Å². The summed E-state index contributed by atoms with van der Waals surface area (Å²) in [5.74, 6) is 0.542. The van der Waals surface area contributed by atoms with Gasteiger partial charge in [-0.3, -0.25) is 0 Å². The Morgan fingerprint density at radius 2 is 1.95 bits per heavy atom.